The molecule has 2 heterocycles. The van der Waals surface area contributed by atoms with Gasteiger partial charge in [-0.05, 0) is 74.3 Å². The second-order valence-electron chi connectivity index (χ2n) is 9.03. The number of halogens is 1. The number of carbonyl (C=O) groups is 1. The Balaban J connectivity index is 1.32. The van der Waals surface area contributed by atoms with Gasteiger partial charge in [0, 0.05) is 23.7 Å². The number of ether oxygens (including phenoxy) is 1. The van der Waals surface area contributed by atoms with Crippen LogP contribution >= 0.6 is 0 Å². The first-order chi connectivity index (χ1) is 16.6. The van der Waals surface area contributed by atoms with Crippen LogP contribution in [0.15, 0.2) is 48.7 Å². The van der Waals surface area contributed by atoms with Gasteiger partial charge in [0.25, 0.3) is 0 Å². The molecule has 0 spiro atoms. The second-order valence-corrected chi connectivity index (χ2v) is 9.03. The largest absolute Gasteiger partial charge is 0.450 e. The molecule has 1 aromatic carbocycles. The molecule has 1 fully saturated rings. The first-order valence-corrected chi connectivity index (χ1v) is 11.8. The quantitative estimate of drug-likeness (QED) is 0.564. The fraction of sp³-hybridized carbons (Fsp3) is 0.385. The normalized spacial score (nSPS) is 23.8. The lowest BCUT2D eigenvalue weighted by atomic mass is 9.64. The number of fused-ring (bicyclic) bond motifs is 2. The SMILES string of the molecule is CCOC(=O)N[C@@H]1CC[C@@H]2[C@H](Cc3n[nH]nc3[C@H]2/C=C/c2ccc(-c3cccc(F)c3)cn2)C1. The average Bonchev–Trinajstić information content (AvgIpc) is 3.30. The number of H-pyrrole nitrogens is 1. The van der Waals surface area contributed by atoms with Crippen LogP contribution in [-0.4, -0.2) is 39.1 Å². The number of benzene rings is 1. The monoisotopic (exact) mass is 461 g/mol. The molecule has 3 aromatic rings. The topological polar surface area (TPSA) is 92.8 Å². The summed E-state index contributed by atoms with van der Waals surface area (Å²) < 4.78 is 18.6. The molecule has 2 aliphatic rings. The number of aromatic amines is 1. The zero-order chi connectivity index (χ0) is 23.5. The zero-order valence-corrected chi connectivity index (χ0v) is 19.1. The molecule has 0 saturated heterocycles. The highest BCUT2D eigenvalue weighted by Crippen LogP contribution is 2.46. The summed E-state index contributed by atoms with van der Waals surface area (Å²) in [5.41, 5.74) is 4.52. The van der Waals surface area contributed by atoms with Crippen LogP contribution < -0.4 is 5.32 Å². The molecule has 176 valence electrons. The van der Waals surface area contributed by atoms with Crippen molar-refractivity contribution in [2.75, 3.05) is 6.61 Å². The Bertz CT molecular complexity index is 1180. The number of nitrogens with one attached hydrogen (secondary N) is 2. The van der Waals surface area contributed by atoms with E-state index < -0.39 is 0 Å². The minimum absolute atomic E-state index is 0.121. The van der Waals surface area contributed by atoms with Gasteiger partial charge >= 0.3 is 6.09 Å². The maximum Gasteiger partial charge on any atom is 0.407 e. The Labute approximate surface area is 197 Å². The average molecular weight is 462 g/mol. The molecule has 2 aromatic heterocycles. The molecule has 0 unspecified atom stereocenters. The van der Waals surface area contributed by atoms with E-state index in [1.54, 1.807) is 12.3 Å². The van der Waals surface area contributed by atoms with Crippen LogP contribution in [0.2, 0.25) is 0 Å². The van der Waals surface area contributed by atoms with E-state index in [1.807, 2.05) is 31.2 Å². The van der Waals surface area contributed by atoms with Gasteiger partial charge in [0.05, 0.1) is 23.7 Å². The van der Waals surface area contributed by atoms with E-state index in [0.717, 1.165) is 53.9 Å². The van der Waals surface area contributed by atoms with Crippen molar-refractivity contribution in [2.24, 2.45) is 11.8 Å². The van der Waals surface area contributed by atoms with E-state index in [0.29, 0.717) is 18.4 Å². The summed E-state index contributed by atoms with van der Waals surface area (Å²) in [5, 5.41) is 14.7. The third-order valence-electron chi connectivity index (χ3n) is 6.94. The molecule has 2 aliphatic carbocycles. The molecule has 0 bridgehead atoms. The van der Waals surface area contributed by atoms with Crippen LogP contribution in [0, 0.1) is 17.7 Å². The third-order valence-corrected chi connectivity index (χ3v) is 6.94. The van der Waals surface area contributed by atoms with Gasteiger partial charge in [-0.15, -0.1) is 0 Å². The van der Waals surface area contributed by atoms with E-state index in [1.165, 1.54) is 12.1 Å². The number of hydrogen-bond acceptors (Lipinski definition) is 5. The lowest BCUT2D eigenvalue weighted by Crippen LogP contribution is -2.44. The Kier molecular flexibility index (Phi) is 6.38. The van der Waals surface area contributed by atoms with Crippen LogP contribution in [0.25, 0.3) is 17.2 Å². The fourth-order valence-corrected chi connectivity index (χ4v) is 5.37. The Morgan fingerprint density at radius 3 is 2.94 bits per heavy atom. The summed E-state index contributed by atoms with van der Waals surface area (Å²) in [6.07, 6.45) is 9.32. The van der Waals surface area contributed by atoms with Gasteiger partial charge in [-0.3, -0.25) is 4.98 Å². The van der Waals surface area contributed by atoms with Crippen molar-refractivity contribution in [1.29, 1.82) is 0 Å². The van der Waals surface area contributed by atoms with E-state index >= 15 is 0 Å². The molecule has 1 amide bonds. The van der Waals surface area contributed by atoms with Gasteiger partial charge in [0.1, 0.15) is 5.82 Å². The van der Waals surface area contributed by atoms with Crippen LogP contribution in [0.4, 0.5) is 9.18 Å². The van der Waals surface area contributed by atoms with Crippen molar-refractivity contribution in [3.63, 3.8) is 0 Å². The summed E-state index contributed by atoms with van der Waals surface area (Å²) in [5.74, 6) is 0.724. The molecule has 0 aliphatic heterocycles. The van der Waals surface area contributed by atoms with Crippen molar-refractivity contribution in [2.45, 2.75) is 44.6 Å². The Morgan fingerprint density at radius 2 is 2.15 bits per heavy atom. The molecule has 4 atom stereocenters. The van der Waals surface area contributed by atoms with Crippen LogP contribution in [0.1, 0.15) is 49.2 Å². The first-order valence-electron chi connectivity index (χ1n) is 11.8. The van der Waals surface area contributed by atoms with Crippen LogP contribution in [0.3, 0.4) is 0 Å². The first kappa shape index (κ1) is 22.3. The minimum atomic E-state index is -0.340. The van der Waals surface area contributed by atoms with Gasteiger partial charge in [-0.2, -0.15) is 15.4 Å². The van der Waals surface area contributed by atoms with Gasteiger partial charge in [-0.1, -0.05) is 24.3 Å². The number of aromatic nitrogens is 4. The third kappa shape index (κ3) is 4.71. The Morgan fingerprint density at radius 1 is 1.24 bits per heavy atom. The van der Waals surface area contributed by atoms with Crippen LogP contribution in [-0.2, 0) is 11.2 Å². The summed E-state index contributed by atoms with van der Waals surface area (Å²) in [7, 11) is 0. The number of allylic oxidation sites excluding steroid dienone is 1. The lowest BCUT2D eigenvalue weighted by Gasteiger charge is -2.41. The highest BCUT2D eigenvalue weighted by atomic mass is 19.1. The molecule has 8 heteroatoms. The molecule has 5 rings (SSSR count). The standard InChI is InChI=1S/C26H28FN5O2/c1-2-34-26(33)29-21-9-10-22-18(13-21)14-24-25(31-32-30-24)23(22)11-8-20-7-6-17(15-28-20)16-4-3-5-19(27)12-16/h3-8,11-12,15,18,21-23H,2,9-10,13-14H2,1H3,(H,29,33)(H,30,31,32)/b11-8+/t18-,21+,22+,23-/m0/s1. The molecule has 34 heavy (non-hydrogen) atoms. The summed E-state index contributed by atoms with van der Waals surface area (Å²) in [6, 6.07) is 10.5. The number of amides is 1. The number of nitrogens with zero attached hydrogens (tertiary/aromatic N) is 3. The van der Waals surface area contributed by atoms with Crippen molar-refractivity contribution >= 4 is 12.2 Å². The molecule has 7 nitrogen and oxygen atoms in total. The maximum atomic E-state index is 13.5. The lowest BCUT2D eigenvalue weighted by molar-refractivity contribution is 0.128. The smallest absolute Gasteiger partial charge is 0.407 e. The minimum Gasteiger partial charge on any atom is -0.450 e. The summed E-state index contributed by atoms with van der Waals surface area (Å²) in [6.45, 7) is 2.18. The maximum absolute atomic E-state index is 13.5. The zero-order valence-electron chi connectivity index (χ0n) is 19.1. The number of pyridine rings is 1. The number of rotatable bonds is 5. The van der Waals surface area contributed by atoms with Crippen molar-refractivity contribution in [3.05, 3.63) is 71.6 Å². The summed E-state index contributed by atoms with van der Waals surface area (Å²) in [4.78, 5) is 16.5. The highest BCUT2D eigenvalue weighted by Gasteiger charge is 2.41. The van der Waals surface area contributed by atoms with Crippen molar-refractivity contribution in [1.82, 2.24) is 25.7 Å². The molecule has 2 N–H and O–H groups in total. The second kappa shape index (κ2) is 9.75. The van der Waals surface area contributed by atoms with Gasteiger partial charge in [0.2, 0.25) is 0 Å². The predicted octanol–water partition coefficient (Wildman–Crippen LogP) is 4.89. The van der Waals surface area contributed by atoms with Crippen molar-refractivity contribution in [3.8, 4) is 11.1 Å². The molecule has 1 saturated carbocycles. The molecular formula is C26H28FN5O2. The van der Waals surface area contributed by atoms with Gasteiger partial charge in [0.15, 0.2) is 0 Å². The predicted molar refractivity (Wildman–Crippen MR) is 126 cm³/mol. The van der Waals surface area contributed by atoms with E-state index in [-0.39, 0.29) is 23.9 Å². The van der Waals surface area contributed by atoms with E-state index in [2.05, 4.69) is 31.8 Å². The fourth-order valence-electron chi connectivity index (χ4n) is 5.37. The van der Waals surface area contributed by atoms with Crippen LogP contribution in [0.5, 0.6) is 0 Å². The van der Waals surface area contributed by atoms with E-state index in [4.69, 9.17) is 4.74 Å². The Hall–Kier alpha value is -3.55. The highest BCUT2D eigenvalue weighted by molar-refractivity contribution is 5.67. The number of carbonyl (C=O) groups excluding carboxylic acids is 1. The molecular weight excluding hydrogens is 433 g/mol. The van der Waals surface area contributed by atoms with Gasteiger partial charge in [-0.25, -0.2) is 9.18 Å². The summed E-state index contributed by atoms with van der Waals surface area (Å²) >= 11 is 0. The van der Waals surface area contributed by atoms with Gasteiger partial charge < -0.3 is 10.1 Å². The number of alkyl carbamates (subject to hydrolysis) is 1. The molecule has 0 radical (unpaired) electrons. The van der Waals surface area contributed by atoms with Crippen molar-refractivity contribution < 1.29 is 13.9 Å². The number of hydrogen-bond donors (Lipinski definition) is 2. The van der Waals surface area contributed by atoms with E-state index in [9.17, 15) is 9.18 Å².